The summed E-state index contributed by atoms with van der Waals surface area (Å²) in [4.78, 5) is 12.1. The first-order valence-corrected chi connectivity index (χ1v) is 9.53. The van der Waals surface area contributed by atoms with Gasteiger partial charge >= 0.3 is 0 Å². The second-order valence-corrected chi connectivity index (χ2v) is 7.55. The highest BCUT2D eigenvalue weighted by molar-refractivity contribution is 8.00. The third kappa shape index (κ3) is 3.91. The highest BCUT2D eigenvalue weighted by atomic mass is 32.2. The Morgan fingerprint density at radius 3 is 2.72 bits per heavy atom. The Hall–Kier alpha value is -2.18. The summed E-state index contributed by atoms with van der Waals surface area (Å²) in [6.45, 7) is 1.46. The van der Waals surface area contributed by atoms with Crippen molar-refractivity contribution in [1.82, 2.24) is 10.6 Å². The van der Waals surface area contributed by atoms with Crippen molar-refractivity contribution in [3.05, 3.63) is 59.7 Å². The molecule has 0 spiro atoms. The van der Waals surface area contributed by atoms with Crippen molar-refractivity contribution in [3.8, 4) is 5.75 Å². The maximum atomic E-state index is 12.1. The van der Waals surface area contributed by atoms with Crippen LogP contribution in [-0.4, -0.2) is 36.4 Å². The molecule has 6 heteroatoms. The number of rotatable bonds is 5. The molecule has 2 aliphatic heterocycles. The first-order chi connectivity index (χ1) is 12.3. The van der Waals surface area contributed by atoms with Crippen LogP contribution in [0.1, 0.15) is 15.9 Å². The van der Waals surface area contributed by atoms with Gasteiger partial charge in [0.1, 0.15) is 18.5 Å². The number of carbonyl (C=O) groups is 1. The van der Waals surface area contributed by atoms with Gasteiger partial charge in [0.25, 0.3) is 5.91 Å². The number of nitrogens with one attached hydrogen (secondary N) is 3. The zero-order chi connectivity index (χ0) is 17.1. The molecule has 2 unspecified atom stereocenters. The van der Waals surface area contributed by atoms with E-state index in [1.807, 2.05) is 48.2 Å². The van der Waals surface area contributed by atoms with E-state index in [1.54, 1.807) is 0 Å². The van der Waals surface area contributed by atoms with Crippen molar-refractivity contribution in [2.24, 2.45) is 0 Å². The summed E-state index contributed by atoms with van der Waals surface area (Å²) < 4.78 is 5.84. The Balaban J connectivity index is 1.32. The fraction of sp³-hybridized carbons (Fsp3) is 0.316. The van der Waals surface area contributed by atoms with Gasteiger partial charge in [-0.25, -0.2) is 0 Å². The molecule has 1 amide bonds. The fourth-order valence-corrected chi connectivity index (χ4v) is 4.12. The van der Waals surface area contributed by atoms with Crippen LogP contribution < -0.4 is 20.7 Å². The molecular formula is C19H21N3O2S. The monoisotopic (exact) mass is 355 g/mol. The van der Waals surface area contributed by atoms with E-state index in [-0.39, 0.29) is 12.1 Å². The van der Waals surface area contributed by atoms with Gasteiger partial charge < -0.3 is 20.7 Å². The molecule has 2 aromatic carbocycles. The van der Waals surface area contributed by atoms with Crippen LogP contribution in [0.15, 0.2) is 48.5 Å². The molecular weight excluding hydrogens is 334 g/mol. The van der Waals surface area contributed by atoms with Crippen LogP contribution in [0.2, 0.25) is 0 Å². The van der Waals surface area contributed by atoms with Crippen LogP contribution >= 0.6 is 11.8 Å². The SMILES string of the molecule is O=C1NC(COc2ccc(CC3CNCS3)cc2)Nc2ccccc21. The molecule has 0 saturated carbocycles. The largest absolute Gasteiger partial charge is 0.489 e. The fourth-order valence-electron chi connectivity index (χ4n) is 3.10. The summed E-state index contributed by atoms with van der Waals surface area (Å²) in [5, 5.41) is 10.2. The molecule has 2 heterocycles. The first kappa shape index (κ1) is 16.3. The lowest BCUT2D eigenvalue weighted by atomic mass is 10.1. The molecule has 3 N–H and O–H groups in total. The minimum absolute atomic E-state index is 0.0685. The maximum Gasteiger partial charge on any atom is 0.255 e. The van der Waals surface area contributed by atoms with Gasteiger partial charge in [0, 0.05) is 23.4 Å². The van der Waals surface area contributed by atoms with Gasteiger partial charge in [-0.05, 0) is 36.2 Å². The number of hydrogen-bond acceptors (Lipinski definition) is 5. The van der Waals surface area contributed by atoms with E-state index in [0.717, 1.165) is 30.3 Å². The molecule has 1 saturated heterocycles. The van der Waals surface area contributed by atoms with Gasteiger partial charge in [-0.15, -0.1) is 11.8 Å². The third-order valence-electron chi connectivity index (χ3n) is 4.40. The summed E-state index contributed by atoms with van der Waals surface area (Å²) in [5.41, 5.74) is 2.84. The van der Waals surface area contributed by atoms with Crippen molar-refractivity contribution in [2.45, 2.75) is 17.8 Å². The van der Waals surface area contributed by atoms with E-state index in [0.29, 0.717) is 17.4 Å². The number of ether oxygens (including phenoxy) is 1. The Bertz CT molecular complexity index is 745. The van der Waals surface area contributed by atoms with Gasteiger partial charge in [0.15, 0.2) is 0 Å². The molecule has 25 heavy (non-hydrogen) atoms. The highest BCUT2D eigenvalue weighted by Crippen LogP contribution is 2.22. The van der Waals surface area contributed by atoms with Gasteiger partial charge in [-0.1, -0.05) is 24.3 Å². The molecule has 2 atom stereocenters. The van der Waals surface area contributed by atoms with E-state index in [2.05, 4.69) is 28.1 Å². The summed E-state index contributed by atoms with van der Waals surface area (Å²) in [6, 6.07) is 15.7. The van der Waals surface area contributed by atoms with E-state index in [1.165, 1.54) is 5.56 Å². The second kappa shape index (κ2) is 7.37. The van der Waals surface area contributed by atoms with E-state index >= 15 is 0 Å². The van der Waals surface area contributed by atoms with Crippen LogP contribution in [0.5, 0.6) is 5.75 Å². The molecule has 2 aromatic rings. The van der Waals surface area contributed by atoms with Gasteiger partial charge in [0.2, 0.25) is 0 Å². The normalized spacial score (nSPS) is 22.0. The van der Waals surface area contributed by atoms with E-state index in [9.17, 15) is 4.79 Å². The van der Waals surface area contributed by atoms with Crippen molar-refractivity contribution < 1.29 is 9.53 Å². The first-order valence-electron chi connectivity index (χ1n) is 8.48. The van der Waals surface area contributed by atoms with Crippen LogP contribution in [-0.2, 0) is 6.42 Å². The average molecular weight is 355 g/mol. The quantitative estimate of drug-likeness (QED) is 0.769. The molecule has 1 fully saturated rings. The van der Waals surface area contributed by atoms with Gasteiger partial charge in [0.05, 0.1) is 5.56 Å². The van der Waals surface area contributed by atoms with Crippen molar-refractivity contribution in [2.75, 3.05) is 24.3 Å². The van der Waals surface area contributed by atoms with Gasteiger partial charge in [-0.2, -0.15) is 0 Å². The number of hydrogen-bond donors (Lipinski definition) is 3. The molecule has 5 nitrogen and oxygen atoms in total. The number of benzene rings is 2. The number of anilines is 1. The molecule has 130 valence electrons. The Kier molecular flexibility index (Phi) is 4.81. The zero-order valence-electron chi connectivity index (χ0n) is 13.8. The predicted molar refractivity (Wildman–Crippen MR) is 101 cm³/mol. The third-order valence-corrected chi connectivity index (χ3v) is 5.58. The van der Waals surface area contributed by atoms with Crippen molar-refractivity contribution in [3.63, 3.8) is 0 Å². The number of carbonyl (C=O) groups excluding carboxylic acids is 1. The van der Waals surface area contributed by atoms with Crippen molar-refractivity contribution >= 4 is 23.4 Å². The lowest BCUT2D eigenvalue weighted by molar-refractivity contribution is 0.0922. The van der Waals surface area contributed by atoms with Crippen LogP contribution in [0.4, 0.5) is 5.69 Å². The number of para-hydroxylation sites is 1. The summed E-state index contributed by atoms with van der Waals surface area (Å²) >= 11 is 1.97. The maximum absolute atomic E-state index is 12.1. The molecule has 0 aliphatic carbocycles. The zero-order valence-corrected chi connectivity index (χ0v) is 14.6. The van der Waals surface area contributed by atoms with E-state index in [4.69, 9.17) is 4.74 Å². The van der Waals surface area contributed by atoms with Crippen molar-refractivity contribution in [1.29, 1.82) is 0 Å². The highest BCUT2D eigenvalue weighted by Gasteiger charge is 2.23. The lowest BCUT2D eigenvalue weighted by Crippen LogP contribution is -2.48. The Morgan fingerprint density at radius 2 is 1.92 bits per heavy atom. The molecule has 4 rings (SSSR count). The average Bonchev–Trinajstić information content (AvgIpc) is 3.14. The summed E-state index contributed by atoms with van der Waals surface area (Å²) in [6.07, 6.45) is 0.845. The Morgan fingerprint density at radius 1 is 1.08 bits per heavy atom. The number of amides is 1. The number of fused-ring (bicyclic) bond motifs is 1. The molecule has 0 aromatic heterocycles. The van der Waals surface area contributed by atoms with Crippen LogP contribution in [0.3, 0.4) is 0 Å². The predicted octanol–water partition coefficient (Wildman–Crippen LogP) is 2.45. The molecule has 0 radical (unpaired) electrons. The smallest absolute Gasteiger partial charge is 0.255 e. The van der Waals surface area contributed by atoms with Crippen LogP contribution in [0.25, 0.3) is 0 Å². The number of thioether (sulfide) groups is 1. The summed E-state index contributed by atoms with van der Waals surface area (Å²) in [5.74, 6) is 1.80. The molecule has 2 aliphatic rings. The summed E-state index contributed by atoms with van der Waals surface area (Å²) in [7, 11) is 0. The minimum Gasteiger partial charge on any atom is -0.489 e. The van der Waals surface area contributed by atoms with Gasteiger partial charge in [-0.3, -0.25) is 4.79 Å². The minimum atomic E-state index is -0.233. The Labute approximate surface area is 151 Å². The topological polar surface area (TPSA) is 62.4 Å². The van der Waals surface area contributed by atoms with Crippen LogP contribution in [0, 0.1) is 0 Å². The standard InChI is InChI=1S/C19H21N3O2S/c23-19-16-3-1-2-4-17(16)21-18(22-19)11-24-14-7-5-13(6-8-14)9-15-10-20-12-25-15/h1-8,15,18,20-21H,9-12H2,(H,22,23). The molecule has 0 bridgehead atoms. The lowest BCUT2D eigenvalue weighted by Gasteiger charge is -2.27. The second-order valence-electron chi connectivity index (χ2n) is 6.26. The van der Waals surface area contributed by atoms with E-state index < -0.39 is 0 Å².